The minimum absolute atomic E-state index is 0.0194. The molecule has 1 unspecified atom stereocenters. The molecule has 3 nitrogen and oxygen atoms in total. The first-order valence-electron chi connectivity index (χ1n) is 5.38. The van der Waals surface area contributed by atoms with E-state index in [9.17, 15) is 9.50 Å². The fourth-order valence-corrected chi connectivity index (χ4v) is 2.18. The number of nitrogens with zero attached hydrogens (tertiary/aromatic N) is 2. The van der Waals surface area contributed by atoms with Crippen LogP contribution in [0.25, 0.3) is 5.76 Å². The van der Waals surface area contributed by atoms with Gasteiger partial charge < -0.3 is 9.67 Å². The predicted molar refractivity (Wildman–Crippen MR) is 69.1 cm³/mol. The second kappa shape index (κ2) is 4.82. The zero-order valence-corrected chi connectivity index (χ0v) is 10.5. The molecule has 0 saturated carbocycles. The Kier molecular flexibility index (Phi) is 3.39. The zero-order valence-electron chi connectivity index (χ0n) is 9.77. The topological polar surface area (TPSA) is 38.1 Å². The summed E-state index contributed by atoms with van der Waals surface area (Å²) in [5.41, 5.74) is 0.843. The van der Waals surface area contributed by atoms with Crippen molar-refractivity contribution in [2.24, 2.45) is 0 Å². The summed E-state index contributed by atoms with van der Waals surface area (Å²) < 4.78 is 15.0. The van der Waals surface area contributed by atoms with Gasteiger partial charge in [-0.2, -0.15) is 9.37 Å². The number of imidazole rings is 1. The molecule has 0 aliphatic carbocycles. The van der Waals surface area contributed by atoms with Crippen LogP contribution in [0.2, 0.25) is 5.28 Å². The Bertz CT molecular complexity index is 580. The van der Waals surface area contributed by atoms with Crippen LogP contribution in [0.4, 0.5) is 4.39 Å². The van der Waals surface area contributed by atoms with Gasteiger partial charge in [-0.3, -0.25) is 0 Å². The molecule has 1 atom stereocenters. The standard InChI is InChI=1S/C13H12ClFN2O/c1-8(10-6-4-3-5-7-10)17-11(9(2)18)12(15)16-13(17)14/h3-8,18H,2H2,1H3. The lowest BCUT2D eigenvalue weighted by atomic mass is 10.1. The number of aliphatic hydroxyl groups is 1. The van der Waals surface area contributed by atoms with Gasteiger partial charge in [-0.05, 0) is 24.1 Å². The van der Waals surface area contributed by atoms with Gasteiger partial charge in [0.2, 0.25) is 11.2 Å². The Morgan fingerprint density at radius 1 is 1.44 bits per heavy atom. The smallest absolute Gasteiger partial charge is 0.243 e. The highest BCUT2D eigenvalue weighted by molar-refractivity contribution is 6.28. The lowest BCUT2D eigenvalue weighted by Crippen LogP contribution is -2.10. The van der Waals surface area contributed by atoms with E-state index in [-0.39, 0.29) is 17.0 Å². The highest BCUT2D eigenvalue weighted by Crippen LogP contribution is 2.28. The molecule has 1 aromatic carbocycles. The zero-order chi connectivity index (χ0) is 13.3. The molecule has 1 heterocycles. The van der Waals surface area contributed by atoms with Crippen molar-refractivity contribution in [3.05, 3.63) is 59.4 Å². The van der Waals surface area contributed by atoms with Crippen LogP contribution < -0.4 is 0 Å². The van der Waals surface area contributed by atoms with Gasteiger partial charge in [0.1, 0.15) is 11.5 Å². The van der Waals surface area contributed by atoms with Crippen LogP contribution in [0.5, 0.6) is 0 Å². The van der Waals surface area contributed by atoms with Gasteiger partial charge >= 0.3 is 0 Å². The summed E-state index contributed by atoms with van der Waals surface area (Å²) in [6.07, 6.45) is 0. The van der Waals surface area contributed by atoms with Crippen molar-refractivity contribution in [3.8, 4) is 0 Å². The first-order valence-corrected chi connectivity index (χ1v) is 5.76. The van der Waals surface area contributed by atoms with Crippen LogP contribution in [0, 0.1) is 5.95 Å². The third-order valence-corrected chi connectivity index (χ3v) is 3.03. The summed E-state index contributed by atoms with van der Waals surface area (Å²) in [6, 6.07) is 9.17. The lowest BCUT2D eigenvalue weighted by Gasteiger charge is -2.17. The molecule has 2 rings (SSSR count). The summed E-state index contributed by atoms with van der Waals surface area (Å²) in [5, 5.41) is 9.42. The van der Waals surface area contributed by atoms with E-state index in [1.807, 2.05) is 37.3 Å². The van der Waals surface area contributed by atoms with Crippen LogP contribution in [0.3, 0.4) is 0 Å². The van der Waals surface area contributed by atoms with Crippen molar-refractivity contribution in [2.45, 2.75) is 13.0 Å². The third kappa shape index (κ3) is 2.11. The van der Waals surface area contributed by atoms with E-state index in [2.05, 4.69) is 11.6 Å². The summed E-state index contributed by atoms with van der Waals surface area (Å²) in [7, 11) is 0. The van der Waals surface area contributed by atoms with Gasteiger partial charge in [0.15, 0.2) is 0 Å². The molecule has 0 aliphatic heterocycles. The number of rotatable bonds is 3. The van der Waals surface area contributed by atoms with E-state index in [4.69, 9.17) is 11.6 Å². The molecule has 2 aromatic rings. The number of aliphatic hydroxyl groups excluding tert-OH is 1. The summed E-state index contributed by atoms with van der Waals surface area (Å²) >= 11 is 5.90. The van der Waals surface area contributed by atoms with E-state index in [0.717, 1.165) is 5.56 Å². The van der Waals surface area contributed by atoms with Crippen molar-refractivity contribution in [2.75, 3.05) is 0 Å². The van der Waals surface area contributed by atoms with E-state index in [1.54, 1.807) is 0 Å². The average Bonchev–Trinajstić information content (AvgIpc) is 2.64. The molecule has 0 spiro atoms. The minimum Gasteiger partial charge on any atom is -0.506 e. The molecular weight excluding hydrogens is 255 g/mol. The molecular formula is C13H12ClFN2O. The maximum atomic E-state index is 13.6. The molecule has 1 N–H and O–H groups in total. The van der Waals surface area contributed by atoms with Crippen molar-refractivity contribution in [3.63, 3.8) is 0 Å². The number of hydrogen-bond acceptors (Lipinski definition) is 2. The van der Waals surface area contributed by atoms with Crippen LogP contribution in [0.1, 0.15) is 24.2 Å². The van der Waals surface area contributed by atoms with Crippen molar-refractivity contribution >= 4 is 17.4 Å². The number of hydrogen-bond donors (Lipinski definition) is 1. The molecule has 94 valence electrons. The molecule has 0 amide bonds. The summed E-state index contributed by atoms with van der Waals surface area (Å²) in [5.74, 6) is -1.22. The lowest BCUT2D eigenvalue weighted by molar-refractivity contribution is 0.482. The van der Waals surface area contributed by atoms with Crippen molar-refractivity contribution < 1.29 is 9.50 Å². The van der Waals surface area contributed by atoms with E-state index < -0.39 is 11.7 Å². The number of benzene rings is 1. The molecule has 0 radical (unpaired) electrons. The van der Waals surface area contributed by atoms with Gasteiger partial charge in [0.25, 0.3) is 0 Å². The first kappa shape index (κ1) is 12.6. The average molecular weight is 267 g/mol. The fraction of sp³-hybridized carbons (Fsp3) is 0.154. The molecule has 18 heavy (non-hydrogen) atoms. The first-order chi connectivity index (χ1) is 8.52. The maximum Gasteiger partial charge on any atom is 0.243 e. The van der Waals surface area contributed by atoms with Crippen molar-refractivity contribution in [1.29, 1.82) is 0 Å². The highest BCUT2D eigenvalue weighted by atomic mass is 35.5. The van der Waals surface area contributed by atoms with Gasteiger partial charge in [0.05, 0.1) is 6.04 Å². The third-order valence-electron chi connectivity index (χ3n) is 2.77. The second-order valence-electron chi connectivity index (χ2n) is 3.92. The molecule has 0 aliphatic rings. The summed E-state index contributed by atoms with van der Waals surface area (Å²) in [6.45, 7) is 5.17. The van der Waals surface area contributed by atoms with E-state index in [1.165, 1.54) is 4.57 Å². The van der Waals surface area contributed by atoms with Gasteiger partial charge in [0, 0.05) is 0 Å². The normalized spacial score (nSPS) is 12.4. The highest BCUT2D eigenvalue weighted by Gasteiger charge is 2.22. The Morgan fingerprint density at radius 3 is 2.61 bits per heavy atom. The maximum absolute atomic E-state index is 13.6. The molecule has 1 aromatic heterocycles. The largest absolute Gasteiger partial charge is 0.506 e. The monoisotopic (exact) mass is 266 g/mol. The Hall–Kier alpha value is -1.81. The van der Waals surface area contributed by atoms with Crippen LogP contribution in [-0.2, 0) is 0 Å². The SMILES string of the molecule is C=C(O)c1c(F)nc(Cl)n1C(C)c1ccccc1. The molecule has 0 saturated heterocycles. The fourth-order valence-electron chi connectivity index (χ4n) is 1.87. The summed E-state index contributed by atoms with van der Waals surface area (Å²) in [4.78, 5) is 3.52. The van der Waals surface area contributed by atoms with Crippen LogP contribution in [0.15, 0.2) is 36.9 Å². The number of halogens is 2. The Morgan fingerprint density at radius 2 is 2.06 bits per heavy atom. The van der Waals surface area contributed by atoms with E-state index in [0.29, 0.717) is 0 Å². The Labute approximate surface area is 109 Å². The van der Waals surface area contributed by atoms with Gasteiger partial charge in [-0.1, -0.05) is 36.9 Å². The van der Waals surface area contributed by atoms with Crippen LogP contribution >= 0.6 is 11.6 Å². The van der Waals surface area contributed by atoms with Crippen LogP contribution in [-0.4, -0.2) is 14.7 Å². The van der Waals surface area contributed by atoms with E-state index >= 15 is 0 Å². The van der Waals surface area contributed by atoms with Gasteiger partial charge in [-0.25, -0.2) is 0 Å². The molecule has 5 heteroatoms. The molecule has 0 fully saturated rings. The second-order valence-corrected chi connectivity index (χ2v) is 4.26. The van der Waals surface area contributed by atoms with Crippen molar-refractivity contribution in [1.82, 2.24) is 9.55 Å². The van der Waals surface area contributed by atoms with Gasteiger partial charge in [-0.15, -0.1) is 0 Å². The minimum atomic E-state index is -0.824. The predicted octanol–water partition coefficient (Wildman–Crippen LogP) is 3.81. The molecule has 0 bridgehead atoms. The number of aromatic nitrogens is 2. The quantitative estimate of drug-likeness (QED) is 0.858. The Balaban J connectivity index is 2.55.